The predicted octanol–water partition coefficient (Wildman–Crippen LogP) is 3.12. The first-order chi connectivity index (χ1) is 7.95. The first-order valence-electron chi connectivity index (χ1n) is 7.41. The molecule has 4 unspecified atom stereocenters. The van der Waals surface area contributed by atoms with Crippen LogP contribution in [-0.2, 0) is 0 Å². The summed E-state index contributed by atoms with van der Waals surface area (Å²) in [6, 6.07) is 1.11. The van der Waals surface area contributed by atoms with E-state index < -0.39 is 0 Å². The van der Waals surface area contributed by atoms with Crippen LogP contribution in [0, 0.1) is 17.8 Å². The van der Waals surface area contributed by atoms with E-state index in [1.54, 1.807) is 0 Å². The van der Waals surface area contributed by atoms with Gasteiger partial charge in [0, 0.05) is 18.6 Å². The van der Waals surface area contributed by atoms with Crippen LogP contribution in [0.1, 0.15) is 53.4 Å². The van der Waals surface area contributed by atoms with Gasteiger partial charge in [0.25, 0.3) is 0 Å². The minimum absolute atomic E-state index is 0.427. The fourth-order valence-corrected chi connectivity index (χ4v) is 3.00. The second kappa shape index (κ2) is 6.75. The summed E-state index contributed by atoms with van der Waals surface area (Å²) in [5, 5.41) is 0. The van der Waals surface area contributed by atoms with Gasteiger partial charge in [-0.15, -0.1) is 0 Å². The highest BCUT2D eigenvalue weighted by molar-refractivity contribution is 4.85. The molecule has 0 saturated heterocycles. The zero-order valence-electron chi connectivity index (χ0n) is 12.4. The summed E-state index contributed by atoms with van der Waals surface area (Å²) in [5.41, 5.74) is 6.30. The molecule has 1 rings (SSSR count). The lowest BCUT2D eigenvalue weighted by molar-refractivity contribution is 0.130. The second-order valence-corrected chi connectivity index (χ2v) is 6.44. The van der Waals surface area contributed by atoms with Gasteiger partial charge in [0.15, 0.2) is 0 Å². The van der Waals surface area contributed by atoms with Crippen LogP contribution < -0.4 is 5.73 Å². The Bertz CT molecular complexity index is 215. The fraction of sp³-hybridized carbons (Fsp3) is 1.00. The highest BCUT2D eigenvalue weighted by Gasteiger charge is 2.30. The molecule has 0 radical (unpaired) electrons. The van der Waals surface area contributed by atoms with Crippen molar-refractivity contribution in [1.29, 1.82) is 0 Å². The zero-order chi connectivity index (χ0) is 13.0. The van der Waals surface area contributed by atoms with Crippen LogP contribution in [0.4, 0.5) is 0 Å². The summed E-state index contributed by atoms with van der Waals surface area (Å²) in [5.74, 6) is 2.42. The van der Waals surface area contributed by atoms with Gasteiger partial charge in [0.1, 0.15) is 0 Å². The van der Waals surface area contributed by atoms with Gasteiger partial charge in [0.05, 0.1) is 0 Å². The molecule has 0 spiro atoms. The van der Waals surface area contributed by atoms with Gasteiger partial charge in [0.2, 0.25) is 0 Å². The molecule has 102 valence electrons. The molecule has 0 amide bonds. The molecule has 1 aliphatic rings. The van der Waals surface area contributed by atoms with Crippen LogP contribution in [0.5, 0.6) is 0 Å². The van der Waals surface area contributed by atoms with Crippen LogP contribution in [-0.4, -0.2) is 30.6 Å². The molecule has 2 nitrogen and oxygen atoms in total. The lowest BCUT2D eigenvalue weighted by Gasteiger charge is -2.39. The van der Waals surface area contributed by atoms with Crippen molar-refractivity contribution in [1.82, 2.24) is 4.90 Å². The number of nitrogens with two attached hydrogens (primary N) is 1. The maximum Gasteiger partial charge on any atom is 0.00795 e. The van der Waals surface area contributed by atoms with E-state index in [0.29, 0.717) is 18.0 Å². The minimum Gasteiger partial charge on any atom is -0.327 e. The summed E-state index contributed by atoms with van der Waals surface area (Å²) in [6.45, 7) is 10.5. The Morgan fingerprint density at radius 1 is 1.24 bits per heavy atom. The van der Waals surface area contributed by atoms with Crippen molar-refractivity contribution in [2.45, 2.75) is 65.5 Å². The molecule has 2 N–H and O–H groups in total. The average molecular weight is 240 g/mol. The Balaban J connectivity index is 2.49. The molecule has 0 heterocycles. The Kier molecular flexibility index (Phi) is 5.94. The van der Waals surface area contributed by atoms with Crippen molar-refractivity contribution in [3.05, 3.63) is 0 Å². The van der Waals surface area contributed by atoms with Crippen molar-refractivity contribution >= 4 is 0 Å². The van der Waals surface area contributed by atoms with Gasteiger partial charge in [-0.25, -0.2) is 0 Å². The van der Waals surface area contributed by atoms with Crippen molar-refractivity contribution in [3.8, 4) is 0 Å². The molecule has 2 heteroatoms. The van der Waals surface area contributed by atoms with Crippen LogP contribution in [0.2, 0.25) is 0 Å². The van der Waals surface area contributed by atoms with Gasteiger partial charge >= 0.3 is 0 Å². The molecule has 1 saturated carbocycles. The van der Waals surface area contributed by atoms with Crippen LogP contribution in [0.3, 0.4) is 0 Å². The fourth-order valence-electron chi connectivity index (χ4n) is 3.00. The van der Waals surface area contributed by atoms with Crippen molar-refractivity contribution in [3.63, 3.8) is 0 Å². The van der Waals surface area contributed by atoms with Crippen LogP contribution >= 0.6 is 0 Å². The van der Waals surface area contributed by atoms with Gasteiger partial charge in [-0.1, -0.05) is 20.8 Å². The Hall–Kier alpha value is -0.0800. The zero-order valence-corrected chi connectivity index (χ0v) is 12.4. The van der Waals surface area contributed by atoms with Crippen molar-refractivity contribution < 1.29 is 0 Å². The van der Waals surface area contributed by atoms with E-state index in [-0.39, 0.29) is 0 Å². The van der Waals surface area contributed by atoms with E-state index in [9.17, 15) is 0 Å². The number of nitrogens with zero attached hydrogens (tertiary/aromatic N) is 1. The molecule has 0 bridgehead atoms. The summed E-state index contributed by atoms with van der Waals surface area (Å²) in [4.78, 5) is 2.49. The lowest BCUT2D eigenvalue weighted by Crippen LogP contribution is -2.44. The van der Waals surface area contributed by atoms with Crippen molar-refractivity contribution in [2.75, 3.05) is 13.6 Å². The number of hydrogen-bond acceptors (Lipinski definition) is 2. The van der Waals surface area contributed by atoms with E-state index in [4.69, 9.17) is 5.73 Å². The molecule has 0 aromatic rings. The SMILES string of the molecule is CCC(C)N(C)CC1CC(C(C)C)CCC1N. The van der Waals surface area contributed by atoms with Gasteiger partial charge in [-0.3, -0.25) is 0 Å². The Morgan fingerprint density at radius 2 is 1.88 bits per heavy atom. The number of rotatable bonds is 5. The lowest BCUT2D eigenvalue weighted by atomic mass is 9.73. The maximum atomic E-state index is 6.30. The monoisotopic (exact) mass is 240 g/mol. The van der Waals surface area contributed by atoms with E-state index in [1.165, 1.54) is 32.2 Å². The molecule has 0 aliphatic heterocycles. The minimum atomic E-state index is 0.427. The first-order valence-corrected chi connectivity index (χ1v) is 7.41. The molecule has 0 aromatic carbocycles. The summed E-state index contributed by atoms with van der Waals surface area (Å²) < 4.78 is 0. The first kappa shape index (κ1) is 15.0. The quantitative estimate of drug-likeness (QED) is 0.800. The molecular formula is C15H32N2. The third-order valence-electron chi connectivity index (χ3n) is 4.89. The predicted molar refractivity (Wildman–Crippen MR) is 76.0 cm³/mol. The van der Waals surface area contributed by atoms with Crippen molar-refractivity contribution in [2.24, 2.45) is 23.5 Å². The standard InChI is InChI=1S/C15H32N2/c1-6-12(4)17(5)10-14-9-13(11(2)3)7-8-15(14)16/h11-15H,6-10,16H2,1-5H3. The highest BCUT2D eigenvalue weighted by atomic mass is 15.1. The highest BCUT2D eigenvalue weighted by Crippen LogP contribution is 2.33. The van der Waals surface area contributed by atoms with Gasteiger partial charge in [-0.2, -0.15) is 0 Å². The van der Waals surface area contributed by atoms with Gasteiger partial charge < -0.3 is 10.6 Å². The summed E-state index contributed by atoms with van der Waals surface area (Å²) >= 11 is 0. The average Bonchev–Trinajstić information content (AvgIpc) is 2.30. The molecule has 0 aromatic heterocycles. The largest absolute Gasteiger partial charge is 0.327 e. The van der Waals surface area contributed by atoms with Crippen LogP contribution in [0.15, 0.2) is 0 Å². The summed E-state index contributed by atoms with van der Waals surface area (Å²) in [7, 11) is 2.25. The Morgan fingerprint density at radius 3 is 2.41 bits per heavy atom. The number of hydrogen-bond donors (Lipinski definition) is 1. The molecule has 1 fully saturated rings. The maximum absolute atomic E-state index is 6.30. The summed E-state index contributed by atoms with van der Waals surface area (Å²) in [6.07, 6.45) is 5.12. The topological polar surface area (TPSA) is 29.3 Å². The van der Waals surface area contributed by atoms with Crippen LogP contribution in [0.25, 0.3) is 0 Å². The smallest absolute Gasteiger partial charge is 0.00795 e. The normalized spacial score (nSPS) is 32.1. The van der Waals surface area contributed by atoms with E-state index >= 15 is 0 Å². The van der Waals surface area contributed by atoms with E-state index in [1.807, 2.05) is 0 Å². The molecule has 1 aliphatic carbocycles. The molecular weight excluding hydrogens is 208 g/mol. The Labute approximate surface area is 108 Å². The third-order valence-corrected chi connectivity index (χ3v) is 4.89. The molecule has 17 heavy (non-hydrogen) atoms. The second-order valence-electron chi connectivity index (χ2n) is 6.44. The van der Waals surface area contributed by atoms with E-state index in [2.05, 4.69) is 39.6 Å². The third kappa shape index (κ3) is 4.26. The van der Waals surface area contributed by atoms with Gasteiger partial charge in [-0.05, 0) is 57.4 Å². The molecule has 4 atom stereocenters. The van der Waals surface area contributed by atoms with E-state index in [0.717, 1.165) is 11.8 Å².